The molecule has 1 aromatic rings. The SMILES string of the molecule is O=P(O)(O)[C@H](O)c1ccc(Br)cc1. The van der Waals surface area contributed by atoms with Gasteiger partial charge in [-0.05, 0) is 17.7 Å². The van der Waals surface area contributed by atoms with Gasteiger partial charge in [-0.1, -0.05) is 28.1 Å². The standard InChI is InChI=1S/C7H8BrO4P/c8-6-3-1-5(2-4-6)7(9)13(10,11)12/h1-4,7,9H,(H2,10,11,12)/t7-/m0/s1. The number of rotatable bonds is 2. The molecule has 1 atom stereocenters. The molecule has 3 N–H and O–H groups in total. The molecule has 1 rings (SSSR count). The van der Waals surface area contributed by atoms with E-state index in [0.717, 1.165) is 4.47 Å². The van der Waals surface area contributed by atoms with Crippen molar-refractivity contribution in [1.29, 1.82) is 0 Å². The second-order valence-electron chi connectivity index (χ2n) is 2.51. The van der Waals surface area contributed by atoms with Crippen LogP contribution in [-0.4, -0.2) is 14.9 Å². The number of hydrogen-bond acceptors (Lipinski definition) is 2. The zero-order valence-corrected chi connectivity index (χ0v) is 8.94. The molecule has 0 amide bonds. The van der Waals surface area contributed by atoms with Gasteiger partial charge in [0.25, 0.3) is 0 Å². The average molecular weight is 267 g/mol. The summed E-state index contributed by atoms with van der Waals surface area (Å²) in [6, 6.07) is 6.12. The van der Waals surface area contributed by atoms with Crippen LogP contribution < -0.4 is 0 Å². The van der Waals surface area contributed by atoms with Gasteiger partial charge in [0, 0.05) is 4.47 Å². The molecule has 0 fully saturated rings. The van der Waals surface area contributed by atoms with Crippen LogP contribution >= 0.6 is 23.5 Å². The molecule has 0 saturated heterocycles. The van der Waals surface area contributed by atoms with Crippen molar-refractivity contribution < 1.29 is 19.5 Å². The highest BCUT2D eigenvalue weighted by Gasteiger charge is 2.27. The Balaban J connectivity index is 2.97. The third kappa shape index (κ3) is 2.90. The van der Waals surface area contributed by atoms with Gasteiger partial charge in [-0.3, -0.25) is 4.57 Å². The summed E-state index contributed by atoms with van der Waals surface area (Å²) in [4.78, 5) is 17.3. The van der Waals surface area contributed by atoms with E-state index in [9.17, 15) is 4.57 Å². The summed E-state index contributed by atoms with van der Waals surface area (Å²) in [7, 11) is -4.45. The average Bonchev–Trinajstić information content (AvgIpc) is 2.03. The van der Waals surface area contributed by atoms with E-state index in [1.165, 1.54) is 12.1 Å². The van der Waals surface area contributed by atoms with Crippen LogP contribution in [0.15, 0.2) is 28.7 Å². The van der Waals surface area contributed by atoms with Crippen LogP contribution in [0, 0.1) is 0 Å². The summed E-state index contributed by atoms with van der Waals surface area (Å²) in [6.07, 6.45) is 0. The van der Waals surface area contributed by atoms with Gasteiger partial charge in [-0.25, -0.2) is 0 Å². The molecule has 0 aliphatic carbocycles. The Morgan fingerprint density at radius 1 is 1.23 bits per heavy atom. The van der Waals surface area contributed by atoms with Gasteiger partial charge in [0.2, 0.25) is 0 Å². The lowest BCUT2D eigenvalue weighted by Gasteiger charge is -2.12. The molecule has 0 aliphatic heterocycles. The molecule has 0 radical (unpaired) electrons. The molecular weight excluding hydrogens is 259 g/mol. The third-order valence-corrected chi connectivity index (χ3v) is 2.95. The predicted octanol–water partition coefficient (Wildman–Crippen LogP) is 1.62. The molecule has 0 heterocycles. The van der Waals surface area contributed by atoms with E-state index < -0.39 is 13.4 Å². The summed E-state index contributed by atoms with van der Waals surface area (Å²) in [6.45, 7) is 0. The summed E-state index contributed by atoms with van der Waals surface area (Å²) in [5.41, 5.74) is 0.205. The lowest BCUT2D eigenvalue weighted by Crippen LogP contribution is -1.97. The molecule has 72 valence electrons. The van der Waals surface area contributed by atoms with E-state index in [0.29, 0.717) is 0 Å². The van der Waals surface area contributed by atoms with E-state index in [4.69, 9.17) is 14.9 Å². The first-order chi connectivity index (χ1) is 5.91. The van der Waals surface area contributed by atoms with Gasteiger partial charge < -0.3 is 14.9 Å². The molecule has 4 nitrogen and oxygen atoms in total. The van der Waals surface area contributed by atoms with Crippen LogP contribution in [0.25, 0.3) is 0 Å². The molecule has 0 saturated carbocycles. The van der Waals surface area contributed by atoms with Crippen molar-refractivity contribution in [1.82, 2.24) is 0 Å². The van der Waals surface area contributed by atoms with E-state index in [2.05, 4.69) is 15.9 Å². The van der Waals surface area contributed by atoms with Crippen molar-refractivity contribution in [2.24, 2.45) is 0 Å². The Kier molecular flexibility index (Phi) is 3.27. The van der Waals surface area contributed by atoms with Crippen molar-refractivity contribution in [3.05, 3.63) is 34.3 Å². The Morgan fingerprint density at radius 3 is 2.08 bits per heavy atom. The molecule has 0 aliphatic rings. The van der Waals surface area contributed by atoms with Crippen LogP contribution in [0.3, 0.4) is 0 Å². The zero-order valence-electron chi connectivity index (χ0n) is 6.46. The van der Waals surface area contributed by atoms with Crippen LogP contribution in [0.1, 0.15) is 11.4 Å². The van der Waals surface area contributed by atoms with E-state index in [1.807, 2.05) is 0 Å². The van der Waals surface area contributed by atoms with Crippen LogP contribution in [0.5, 0.6) is 0 Å². The van der Waals surface area contributed by atoms with Crippen LogP contribution in [0.2, 0.25) is 0 Å². The van der Waals surface area contributed by atoms with Crippen molar-refractivity contribution >= 4 is 23.5 Å². The van der Waals surface area contributed by atoms with Crippen LogP contribution in [0.4, 0.5) is 0 Å². The normalized spacial score (nSPS) is 14.2. The van der Waals surface area contributed by atoms with Crippen molar-refractivity contribution in [3.8, 4) is 0 Å². The highest BCUT2D eigenvalue weighted by Crippen LogP contribution is 2.49. The predicted molar refractivity (Wildman–Crippen MR) is 51.1 cm³/mol. The first-order valence-corrected chi connectivity index (χ1v) is 5.87. The summed E-state index contributed by atoms with van der Waals surface area (Å²) < 4.78 is 11.4. The van der Waals surface area contributed by atoms with Gasteiger partial charge in [0.1, 0.15) is 0 Å². The van der Waals surface area contributed by atoms with E-state index >= 15 is 0 Å². The van der Waals surface area contributed by atoms with E-state index in [1.54, 1.807) is 12.1 Å². The number of aliphatic hydroxyl groups is 1. The van der Waals surface area contributed by atoms with Gasteiger partial charge >= 0.3 is 7.60 Å². The second kappa shape index (κ2) is 3.90. The van der Waals surface area contributed by atoms with Crippen LogP contribution in [-0.2, 0) is 4.57 Å². The molecule has 0 bridgehead atoms. The molecule has 0 aromatic heterocycles. The van der Waals surface area contributed by atoms with E-state index in [-0.39, 0.29) is 5.56 Å². The fraction of sp³-hybridized carbons (Fsp3) is 0.143. The lowest BCUT2D eigenvalue weighted by molar-refractivity contribution is 0.205. The highest BCUT2D eigenvalue weighted by molar-refractivity contribution is 9.10. The largest absolute Gasteiger partial charge is 0.376 e. The van der Waals surface area contributed by atoms with Gasteiger partial charge in [-0.15, -0.1) is 0 Å². The topological polar surface area (TPSA) is 77.8 Å². The molecule has 6 heteroatoms. The molecule has 1 aromatic carbocycles. The smallest absolute Gasteiger partial charge is 0.358 e. The Morgan fingerprint density at radius 2 is 1.69 bits per heavy atom. The second-order valence-corrected chi connectivity index (χ2v) is 5.10. The molecule has 13 heavy (non-hydrogen) atoms. The molecule has 0 unspecified atom stereocenters. The number of hydrogen-bond donors (Lipinski definition) is 3. The quantitative estimate of drug-likeness (QED) is 0.711. The maximum atomic E-state index is 10.6. The Hall–Kier alpha value is -0.190. The zero-order chi connectivity index (χ0) is 10.1. The van der Waals surface area contributed by atoms with Crippen molar-refractivity contribution in [2.45, 2.75) is 5.85 Å². The maximum absolute atomic E-state index is 10.6. The fourth-order valence-electron chi connectivity index (χ4n) is 0.829. The summed E-state index contributed by atoms with van der Waals surface area (Å²) >= 11 is 3.17. The molecule has 0 spiro atoms. The molecular formula is C7H8BrO4P. The summed E-state index contributed by atoms with van der Waals surface area (Å²) in [5.74, 6) is -1.74. The minimum atomic E-state index is -4.45. The monoisotopic (exact) mass is 266 g/mol. The van der Waals surface area contributed by atoms with Gasteiger partial charge in [0.05, 0.1) is 0 Å². The minimum Gasteiger partial charge on any atom is -0.376 e. The van der Waals surface area contributed by atoms with Gasteiger partial charge in [0.15, 0.2) is 5.85 Å². The maximum Gasteiger partial charge on any atom is 0.358 e. The number of halogens is 1. The number of benzene rings is 1. The fourth-order valence-corrected chi connectivity index (χ4v) is 1.65. The Bertz CT molecular complexity index is 331. The van der Waals surface area contributed by atoms with Crippen molar-refractivity contribution in [3.63, 3.8) is 0 Å². The van der Waals surface area contributed by atoms with Gasteiger partial charge in [-0.2, -0.15) is 0 Å². The summed E-state index contributed by atoms with van der Waals surface area (Å²) in [5, 5.41) is 9.17. The first-order valence-electron chi connectivity index (χ1n) is 3.40. The third-order valence-electron chi connectivity index (χ3n) is 1.49. The van der Waals surface area contributed by atoms with Crippen molar-refractivity contribution in [2.75, 3.05) is 0 Å². The first kappa shape index (κ1) is 10.9. The number of aliphatic hydroxyl groups excluding tert-OH is 1. The highest BCUT2D eigenvalue weighted by atomic mass is 79.9. The minimum absolute atomic E-state index is 0.205. The lowest BCUT2D eigenvalue weighted by atomic mass is 10.2. The Labute approximate surface area is 83.5 Å².